The first-order valence-electron chi connectivity index (χ1n) is 5.66. The van der Waals surface area contributed by atoms with E-state index in [2.05, 4.69) is 42.5 Å². The molecule has 0 N–H and O–H groups in total. The standard InChI is InChI=1S/C14H18/c1-3-7-13(8-4-1)11-12-14-9-5-2-6-10-14/h1,3-5,7-9,14H,2,6,10-12H2. The summed E-state index contributed by atoms with van der Waals surface area (Å²) in [4.78, 5) is 0. The molecule has 0 aliphatic heterocycles. The maximum Gasteiger partial charge on any atom is -0.0230 e. The van der Waals surface area contributed by atoms with Crippen molar-refractivity contribution in [3.63, 3.8) is 0 Å². The maximum atomic E-state index is 2.41. The van der Waals surface area contributed by atoms with E-state index in [0.29, 0.717) is 0 Å². The average molecular weight is 186 g/mol. The zero-order valence-corrected chi connectivity index (χ0v) is 8.65. The van der Waals surface area contributed by atoms with Crippen LogP contribution in [0.5, 0.6) is 0 Å². The van der Waals surface area contributed by atoms with Crippen LogP contribution in [-0.2, 0) is 6.42 Å². The molecule has 0 saturated heterocycles. The van der Waals surface area contributed by atoms with E-state index in [-0.39, 0.29) is 0 Å². The molecule has 1 aromatic carbocycles. The minimum Gasteiger partial charge on any atom is -0.0883 e. The van der Waals surface area contributed by atoms with Crippen LogP contribution in [0.2, 0.25) is 0 Å². The first-order chi connectivity index (χ1) is 6.95. The van der Waals surface area contributed by atoms with E-state index >= 15 is 0 Å². The van der Waals surface area contributed by atoms with Gasteiger partial charge in [0.15, 0.2) is 0 Å². The molecule has 1 aliphatic carbocycles. The Hall–Kier alpha value is -1.04. The largest absolute Gasteiger partial charge is 0.0883 e. The zero-order chi connectivity index (χ0) is 9.64. The number of hydrogen-bond acceptors (Lipinski definition) is 0. The number of benzene rings is 1. The normalized spacial score (nSPS) is 21.0. The summed E-state index contributed by atoms with van der Waals surface area (Å²) in [7, 11) is 0. The van der Waals surface area contributed by atoms with Crippen molar-refractivity contribution in [3.05, 3.63) is 48.0 Å². The van der Waals surface area contributed by atoms with E-state index in [1.807, 2.05) is 0 Å². The first-order valence-corrected chi connectivity index (χ1v) is 5.66. The monoisotopic (exact) mass is 186 g/mol. The SMILES string of the molecule is C1=CC(CCc2ccccc2)CCC1. The molecule has 0 nitrogen and oxygen atoms in total. The Labute approximate surface area is 86.7 Å². The lowest BCUT2D eigenvalue weighted by Gasteiger charge is -2.15. The highest BCUT2D eigenvalue weighted by Gasteiger charge is 2.07. The average Bonchev–Trinajstić information content (AvgIpc) is 2.29. The van der Waals surface area contributed by atoms with Crippen molar-refractivity contribution in [2.24, 2.45) is 5.92 Å². The third-order valence-corrected chi connectivity index (χ3v) is 3.00. The lowest BCUT2D eigenvalue weighted by molar-refractivity contribution is 0.506. The van der Waals surface area contributed by atoms with Gasteiger partial charge < -0.3 is 0 Å². The second-order valence-corrected chi connectivity index (χ2v) is 4.14. The molecule has 0 radical (unpaired) electrons. The van der Waals surface area contributed by atoms with Crippen molar-refractivity contribution in [1.29, 1.82) is 0 Å². The summed E-state index contributed by atoms with van der Waals surface area (Å²) >= 11 is 0. The van der Waals surface area contributed by atoms with Crippen molar-refractivity contribution in [2.75, 3.05) is 0 Å². The molecule has 14 heavy (non-hydrogen) atoms. The van der Waals surface area contributed by atoms with Crippen LogP contribution in [0.25, 0.3) is 0 Å². The Balaban J connectivity index is 1.82. The Bertz CT molecular complexity index is 284. The second kappa shape index (κ2) is 4.99. The van der Waals surface area contributed by atoms with Crippen molar-refractivity contribution in [1.82, 2.24) is 0 Å². The quantitative estimate of drug-likeness (QED) is 0.626. The highest BCUT2D eigenvalue weighted by molar-refractivity contribution is 5.15. The minimum atomic E-state index is 0.837. The molecule has 0 saturated carbocycles. The molecule has 74 valence electrons. The lowest BCUT2D eigenvalue weighted by Crippen LogP contribution is -2.02. The van der Waals surface area contributed by atoms with E-state index in [0.717, 1.165) is 5.92 Å². The Morgan fingerprint density at radius 2 is 2.00 bits per heavy atom. The molecule has 0 aromatic heterocycles. The third-order valence-electron chi connectivity index (χ3n) is 3.00. The number of rotatable bonds is 3. The Morgan fingerprint density at radius 1 is 1.14 bits per heavy atom. The van der Waals surface area contributed by atoms with Crippen LogP contribution in [-0.4, -0.2) is 0 Å². The fourth-order valence-electron chi connectivity index (χ4n) is 2.12. The highest BCUT2D eigenvalue weighted by atomic mass is 14.1. The van der Waals surface area contributed by atoms with E-state index in [1.54, 1.807) is 0 Å². The Kier molecular flexibility index (Phi) is 3.39. The summed E-state index contributed by atoms with van der Waals surface area (Å²) in [5, 5.41) is 0. The molecule has 2 rings (SSSR count). The minimum absolute atomic E-state index is 0.837. The van der Waals surface area contributed by atoms with Crippen LogP contribution >= 0.6 is 0 Å². The van der Waals surface area contributed by atoms with Gasteiger partial charge in [-0.15, -0.1) is 0 Å². The summed E-state index contributed by atoms with van der Waals surface area (Å²) < 4.78 is 0. The first kappa shape index (κ1) is 9.51. The Morgan fingerprint density at radius 3 is 2.71 bits per heavy atom. The maximum absolute atomic E-state index is 2.41. The fourth-order valence-corrected chi connectivity index (χ4v) is 2.12. The number of hydrogen-bond donors (Lipinski definition) is 0. The van der Waals surface area contributed by atoms with E-state index < -0.39 is 0 Å². The molecule has 1 aromatic rings. The van der Waals surface area contributed by atoms with Gasteiger partial charge in [-0.1, -0.05) is 42.5 Å². The smallest absolute Gasteiger partial charge is 0.0230 e. The van der Waals surface area contributed by atoms with Gasteiger partial charge in [-0.05, 0) is 43.6 Å². The summed E-state index contributed by atoms with van der Waals surface area (Å²) in [5.41, 5.74) is 1.48. The predicted molar refractivity (Wildman–Crippen MR) is 61.2 cm³/mol. The number of allylic oxidation sites excluding steroid dienone is 2. The molecule has 0 bridgehead atoms. The van der Waals surface area contributed by atoms with Gasteiger partial charge in [0.05, 0.1) is 0 Å². The molecule has 0 heterocycles. The van der Waals surface area contributed by atoms with Crippen LogP contribution in [0.4, 0.5) is 0 Å². The molecule has 0 amide bonds. The molecule has 0 heteroatoms. The molecular formula is C14H18. The van der Waals surface area contributed by atoms with Gasteiger partial charge in [0.1, 0.15) is 0 Å². The highest BCUT2D eigenvalue weighted by Crippen LogP contribution is 2.21. The van der Waals surface area contributed by atoms with Gasteiger partial charge in [0, 0.05) is 0 Å². The summed E-state index contributed by atoms with van der Waals surface area (Å²) in [6.07, 6.45) is 11.4. The summed E-state index contributed by atoms with van der Waals surface area (Å²) in [5.74, 6) is 0.837. The van der Waals surface area contributed by atoms with E-state index in [1.165, 1.54) is 37.7 Å². The van der Waals surface area contributed by atoms with Gasteiger partial charge in [-0.3, -0.25) is 0 Å². The van der Waals surface area contributed by atoms with Crippen LogP contribution < -0.4 is 0 Å². The molecule has 0 spiro atoms. The van der Waals surface area contributed by atoms with Crippen molar-refractivity contribution in [3.8, 4) is 0 Å². The van der Waals surface area contributed by atoms with E-state index in [9.17, 15) is 0 Å². The molecule has 0 fully saturated rings. The van der Waals surface area contributed by atoms with Crippen molar-refractivity contribution >= 4 is 0 Å². The van der Waals surface area contributed by atoms with Gasteiger partial charge in [0.2, 0.25) is 0 Å². The van der Waals surface area contributed by atoms with Crippen molar-refractivity contribution in [2.45, 2.75) is 32.1 Å². The van der Waals surface area contributed by atoms with Gasteiger partial charge in [-0.25, -0.2) is 0 Å². The summed E-state index contributed by atoms with van der Waals surface area (Å²) in [6.45, 7) is 0. The predicted octanol–water partition coefficient (Wildman–Crippen LogP) is 3.98. The molecule has 1 atom stereocenters. The molecular weight excluding hydrogens is 168 g/mol. The second-order valence-electron chi connectivity index (χ2n) is 4.14. The van der Waals surface area contributed by atoms with Crippen LogP contribution in [0.3, 0.4) is 0 Å². The molecule has 1 aliphatic rings. The van der Waals surface area contributed by atoms with Crippen LogP contribution in [0.15, 0.2) is 42.5 Å². The molecule has 1 unspecified atom stereocenters. The zero-order valence-electron chi connectivity index (χ0n) is 8.65. The third kappa shape index (κ3) is 2.73. The van der Waals surface area contributed by atoms with Gasteiger partial charge >= 0.3 is 0 Å². The van der Waals surface area contributed by atoms with E-state index in [4.69, 9.17) is 0 Å². The van der Waals surface area contributed by atoms with Crippen molar-refractivity contribution < 1.29 is 0 Å². The lowest BCUT2D eigenvalue weighted by atomic mass is 9.90. The van der Waals surface area contributed by atoms with Crippen LogP contribution in [0, 0.1) is 5.92 Å². The van der Waals surface area contributed by atoms with Gasteiger partial charge in [0.25, 0.3) is 0 Å². The number of aryl methyl sites for hydroxylation is 1. The fraction of sp³-hybridized carbons (Fsp3) is 0.429. The van der Waals surface area contributed by atoms with Gasteiger partial charge in [-0.2, -0.15) is 0 Å². The topological polar surface area (TPSA) is 0 Å². The van der Waals surface area contributed by atoms with Crippen LogP contribution in [0.1, 0.15) is 31.2 Å². The summed E-state index contributed by atoms with van der Waals surface area (Å²) in [6, 6.07) is 10.8.